The first-order chi connectivity index (χ1) is 11.2. The Hall–Kier alpha value is -2.48. The third-order valence-corrected chi connectivity index (χ3v) is 3.61. The van der Waals surface area contributed by atoms with E-state index in [4.69, 9.17) is 9.47 Å². The van der Waals surface area contributed by atoms with Gasteiger partial charge in [-0.25, -0.2) is 0 Å². The molecular weight excluding hydrogens is 298 g/mol. The highest BCUT2D eigenvalue weighted by Crippen LogP contribution is 2.17. The summed E-state index contributed by atoms with van der Waals surface area (Å²) in [6, 6.07) is 3.65. The fraction of sp³-hybridized carbons (Fsp3) is 0.467. The van der Waals surface area contributed by atoms with Crippen LogP contribution in [0.5, 0.6) is 5.75 Å². The molecule has 0 radical (unpaired) electrons. The summed E-state index contributed by atoms with van der Waals surface area (Å²) in [5.41, 5.74) is 0.927. The molecule has 0 unspecified atom stereocenters. The molecule has 0 aromatic carbocycles. The number of carbonyl (C=O) groups excluding carboxylic acids is 1. The number of amides is 1. The molecule has 0 spiro atoms. The van der Waals surface area contributed by atoms with Gasteiger partial charge in [-0.15, -0.1) is 10.2 Å². The minimum absolute atomic E-state index is 0.103. The molecular formula is C15H19N5O3. The topological polar surface area (TPSA) is 91.2 Å². The second-order valence-electron chi connectivity index (χ2n) is 5.46. The summed E-state index contributed by atoms with van der Waals surface area (Å²) in [7, 11) is 0. The molecule has 23 heavy (non-hydrogen) atoms. The molecule has 1 fully saturated rings. The predicted molar refractivity (Wildman–Crippen MR) is 80.8 cm³/mol. The van der Waals surface area contributed by atoms with Gasteiger partial charge in [0.25, 0.3) is 0 Å². The average Bonchev–Trinajstić information content (AvgIpc) is 3.04. The van der Waals surface area contributed by atoms with Crippen molar-refractivity contribution in [3.63, 3.8) is 0 Å². The quantitative estimate of drug-likeness (QED) is 0.855. The molecule has 2 aromatic heterocycles. The number of ether oxygens (including phenoxy) is 2. The van der Waals surface area contributed by atoms with Gasteiger partial charge in [0.2, 0.25) is 5.91 Å². The lowest BCUT2D eigenvalue weighted by atomic mass is 10.1. The lowest BCUT2D eigenvalue weighted by molar-refractivity contribution is -0.124. The zero-order chi connectivity index (χ0) is 16.1. The van der Waals surface area contributed by atoms with Crippen molar-refractivity contribution in [2.75, 3.05) is 13.2 Å². The molecule has 1 aliphatic heterocycles. The van der Waals surface area contributed by atoms with Crippen LogP contribution in [0, 0.1) is 6.92 Å². The Morgan fingerprint density at radius 3 is 3.00 bits per heavy atom. The number of aromatic nitrogens is 4. The summed E-state index contributed by atoms with van der Waals surface area (Å²) in [4.78, 5) is 16.3. The van der Waals surface area contributed by atoms with Crippen molar-refractivity contribution >= 4 is 5.91 Å². The van der Waals surface area contributed by atoms with Crippen LogP contribution in [-0.4, -0.2) is 51.0 Å². The molecule has 0 saturated carbocycles. The van der Waals surface area contributed by atoms with Gasteiger partial charge in [0.05, 0.1) is 18.8 Å². The molecule has 1 N–H and O–H groups in total. The van der Waals surface area contributed by atoms with Crippen molar-refractivity contribution in [1.29, 1.82) is 0 Å². The van der Waals surface area contributed by atoms with Gasteiger partial charge in [-0.05, 0) is 25.5 Å². The van der Waals surface area contributed by atoms with E-state index < -0.39 is 0 Å². The summed E-state index contributed by atoms with van der Waals surface area (Å²) in [6.45, 7) is 3.14. The van der Waals surface area contributed by atoms with E-state index in [0.717, 1.165) is 5.69 Å². The van der Waals surface area contributed by atoms with Crippen LogP contribution in [0.4, 0.5) is 0 Å². The summed E-state index contributed by atoms with van der Waals surface area (Å²) in [6.07, 6.45) is 5.17. The lowest BCUT2D eigenvalue weighted by Crippen LogP contribution is -2.52. The highest BCUT2D eigenvalue weighted by molar-refractivity contribution is 5.76. The minimum atomic E-state index is -0.238. The van der Waals surface area contributed by atoms with E-state index in [0.29, 0.717) is 25.4 Å². The van der Waals surface area contributed by atoms with Crippen LogP contribution in [0.25, 0.3) is 0 Å². The van der Waals surface area contributed by atoms with E-state index in [1.807, 2.05) is 19.1 Å². The molecule has 2 aromatic rings. The molecule has 2 atom stereocenters. The van der Waals surface area contributed by atoms with Gasteiger partial charge < -0.3 is 19.4 Å². The largest absolute Gasteiger partial charge is 0.484 e. The van der Waals surface area contributed by atoms with Crippen LogP contribution in [0.15, 0.2) is 31.0 Å². The Morgan fingerprint density at radius 2 is 2.26 bits per heavy atom. The molecule has 1 amide bonds. The minimum Gasteiger partial charge on any atom is -0.484 e. The molecule has 3 rings (SSSR count). The van der Waals surface area contributed by atoms with E-state index in [9.17, 15) is 4.79 Å². The molecule has 3 heterocycles. The van der Waals surface area contributed by atoms with Crippen molar-refractivity contribution in [3.8, 4) is 5.75 Å². The first-order valence-electron chi connectivity index (χ1n) is 7.49. The number of hydrogen-bond acceptors (Lipinski definition) is 6. The van der Waals surface area contributed by atoms with Crippen LogP contribution < -0.4 is 10.1 Å². The number of nitrogens with one attached hydrogen (secondary N) is 1. The fourth-order valence-electron chi connectivity index (χ4n) is 2.41. The number of rotatable bonds is 5. The monoisotopic (exact) mass is 317 g/mol. The molecule has 8 nitrogen and oxygen atoms in total. The third-order valence-electron chi connectivity index (χ3n) is 3.61. The fourth-order valence-corrected chi connectivity index (χ4v) is 2.41. The maximum Gasteiger partial charge on any atom is 0.240 e. The summed E-state index contributed by atoms with van der Waals surface area (Å²) < 4.78 is 13.0. The second-order valence-corrected chi connectivity index (χ2v) is 5.46. The van der Waals surface area contributed by atoms with Crippen molar-refractivity contribution in [3.05, 3.63) is 36.7 Å². The van der Waals surface area contributed by atoms with Gasteiger partial charge in [0.15, 0.2) is 0 Å². The van der Waals surface area contributed by atoms with E-state index >= 15 is 0 Å². The zero-order valence-electron chi connectivity index (χ0n) is 12.9. The van der Waals surface area contributed by atoms with Crippen LogP contribution >= 0.6 is 0 Å². The van der Waals surface area contributed by atoms with Crippen molar-refractivity contribution < 1.29 is 14.3 Å². The van der Waals surface area contributed by atoms with Gasteiger partial charge in [0.1, 0.15) is 31.1 Å². The Labute approximate surface area is 133 Å². The molecule has 8 heteroatoms. The number of aryl methyl sites for hydroxylation is 1. The second kappa shape index (κ2) is 7.19. The van der Waals surface area contributed by atoms with Crippen LogP contribution in [0.2, 0.25) is 0 Å². The maximum atomic E-state index is 12.1. The van der Waals surface area contributed by atoms with Gasteiger partial charge in [0, 0.05) is 12.3 Å². The van der Waals surface area contributed by atoms with Crippen LogP contribution in [0.1, 0.15) is 12.1 Å². The number of pyridine rings is 1. The zero-order valence-corrected chi connectivity index (χ0v) is 12.9. The number of carbonyl (C=O) groups is 1. The molecule has 1 saturated heterocycles. The highest BCUT2D eigenvalue weighted by Gasteiger charge is 2.29. The van der Waals surface area contributed by atoms with Crippen LogP contribution in [-0.2, 0) is 16.1 Å². The van der Waals surface area contributed by atoms with E-state index in [2.05, 4.69) is 20.5 Å². The molecule has 122 valence electrons. The van der Waals surface area contributed by atoms with Gasteiger partial charge in [-0.2, -0.15) is 0 Å². The third kappa shape index (κ3) is 4.26. The Bertz CT molecular complexity index is 629. The molecule has 0 bridgehead atoms. The lowest BCUT2D eigenvalue weighted by Gasteiger charge is -2.32. The predicted octanol–water partition coefficient (Wildman–Crippen LogP) is 0.334. The number of nitrogens with zero attached hydrogens (tertiary/aromatic N) is 4. The highest BCUT2D eigenvalue weighted by atomic mass is 16.5. The average molecular weight is 317 g/mol. The summed E-state index contributed by atoms with van der Waals surface area (Å²) in [5, 5.41) is 10.4. The first kappa shape index (κ1) is 15.4. The maximum absolute atomic E-state index is 12.1. The summed E-state index contributed by atoms with van der Waals surface area (Å²) >= 11 is 0. The standard InChI is InChI=1S/C15H19N5O3/c1-11-2-3-12(6-16-11)23-14-8-22-5-4-13(14)19-15(21)7-20-9-17-18-10-20/h2-3,6,9-10,13-14H,4-5,7-8H2,1H3,(H,19,21)/t13-,14+/m0/s1. The van der Waals surface area contributed by atoms with Crippen molar-refractivity contribution in [2.24, 2.45) is 0 Å². The summed E-state index contributed by atoms with van der Waals surface area (Å²) in [5.74, 6) is 0.566. The van der Waals surface area contributed by atoms with Gasteiger partial charge in [-0.3, -0.25) is 9.78 Å². The Morgan fingerprint density at radius 1 is 1.43 bits per heavy atom. The van der Waals surface area contributed by atoms with Gasteiger partial charge in [-0.1, -0.05) is 0 Å². The smallest absolute Gasteiger partial charge is 0.240 e. The van der Waals surface area contributed by atoms with E-state index in [1.165, 1.54) is 12.7 Å². The Kier molecular flexibility index (Phi) is 4.82. The van der Waals surface area contributed by atoms with E-state index in [-0.39, 0.29) is 24.6 Å². The first-order valence-corrected chi connectivity index (χ1v) is 7.49. The van der Waals surface area contributed by atoms with Gasteiger partial charge >= 0.3 is 0 Å². The SMILES string of the molecule is Cc1ccc(O[C@@H]2COCC[C@@H]2NC(=O)Cn2cnnc2)cn1. The molecule has 0 aliphatic carbocycles. The van der Waals surface area contributed by atoms with Crippen molar-refractivity contribution in [2.45, 2.75) is 32.0 Å². The normalized spacial score (nSPS) is 20.9. The Balaban J connectivity index is 1.59. The van der Waals surface area contributed by atoms with E-state index in [1.54, 1.807) is 10.8 Å². The van der Waals surface area contributed by atoms with Crippen molar-refractivity contribution in [1.82, 2.24) is 25.1 Å². The van der Waals surface area contributed by atoms with Crippen LogP contribution in [0.3, 0.4) is 0 Å². The number of hydrogen-bond donors (Lipinski definition) is 1. The molecule has 1 aliphatic rings.